The number of carbonyl (C=O) groups is 1. The van der Waals surface area contributed by atoms with Gasteiger partial charge < -0.3 is 0 Å². The van der Waals surface area contributed by atoms with Crippen molar-refractivity contribution >= 4 is 16.7 Å². The summed E-state index contributed by atoms with van der Waals surface area (Å²) in [6, 6.07) is 6.17. The highest BCUT2D eigenvalue weighted by molar-refractivity contribution is 7.98. The zero-order valence-corrected chi connectivity index (χ0v) is 13.3. The van der Waals surface area contributed by atoms with E-state index >= 15 is 0 Å². The molecule has 1 aromatic rings. The highest BCUT2D eigenvalue weighted by Crippen LogP contribution is 2.27. The third-order valence-electron chi connectivity index (χ3n) is 4.08. The second-order valence-electron chi connectivity index (χ2n) is 5.98. The Morgan fingerprint density at radius 1 is 1.11 bits per heavy atom. The lowest BCUT2D eigenvalue weighted by Crippen LogP contribution is -2.36. The maximum absolute atomic E-state index is 12.8. The van der Waals surface area contributed by atoms with E-state index in [4.69, 9.17) is 0 Å². The number of ketones is 1. The van der Waals surface area contributed by atoms with Crippen molar-refractivity contribution in [1.82, 2.24) is 0 Å². The van der Waals surface area contributed by atoms with Gasteiger partial charge in [0.15, 0.2) is 5.25 Å². The van der Waals surface area contributed by atoms with Crippen LogP contribution in [0.2, 0.25) is 0 Å². The Hall–Kier alpha value is -0.760. The summed E-state index contributed by atoms with van der Waals surface area (Å²) in [5.74, 6) is 3.36. The summed E-state index contributed by atoms with van der Waals surface area (Å²) >= 11 is 0. The fourth-order valence-electron chi connectivity index (χ4n) is 2.83. The zero-order chi connectivity index (χ0) is 14.0. The van der Waals surface area contributed by atoms with Gasteiger partial charge in [-0.05, 0) is 54.8 Å². The van der Waals surface area contributed by atoms with Gasteiger partial charge in [0.05, 0.1) is 0 Å². The molecule has 0 N–H and O–H groups in total. The molecule has 1 unspecified atom stereocenters. The molecule has 1 nitrogen and oxygen atoms in total. The second-order valence-corrected chi connectivity index (χ2v) is 8.38. The average Bonchev–Trinajstić information content (AvgIpc) is 2.86. The molecule has 0 aliphatic carbocycles. The Morgan fingerprint density at radius 2 is 1.74 bits per heavy atom. The Labute approximate surface area is 120 Å². The number of hydrogen-bond donors (Lipinski definition) is 0. The summed E-state index contributed by atoms with van der Waals surface area (Å²) in [5, 5.41) is 0.240. The van der Waals surface area contributed by atoms with Crippen molar-refractivity contribution in [2.24, 2.45) is 5.92 Å². The highest BCUT2D eigenvalue weighted by Gasteiger charge is 2.41. The minimum atomic E-state index is 0.240. The van der Waals surface area contributed by atoms with E-state index in [0.29, 0.717) is 22.6 Å². The van der Waals surface area contributed by atoms with Crippen LogP contribution in [-0.4, -0.2) is 22.5 Å². The monoisotopic (exact) mass is 277 g/mol. The van der Waals surface area contributed by atoms with E-state index in [0.717, 1.165) is 5.56 Å². The van der Waals surface area contributed by atoms with Crippen molar-refractivity contribution in [3.8, 4) is 0 Å². The number of aryl methyl sites for hydroxylation is 2. The first-order valence-electron chi connectivity index (χ1n) is 7.28. The zero-order valence-electron chi connectivity index (χ0n) is 12.5. The molecule has 1 aromatic carbocycles. The second kappa shape index (κ2) is 6.13. The van der Waals surface area contributed by atoms with E-state index in [9.17, 15) is 4.79 Å². The third-order valence-corrected chi connectivity index (χ3v) is 7.18. The van der Waals surface area contributed by atoms with Gasteiger partial charge in [-0.25, -0.2) is 0 Å². The molecular formula is C17H25OS+. The molecule has 1 heterocycles. The summed E-state index contributed by atoms with van der Waals surface area (Å²) in [6.07, 6.45) is 2.62. The third kappa shape index (κ3) is 3.22. The minimum absolute atomic E-state index is 0.240. The Morgan fingerprint density at radius 3 is 2.26 bits per heavy atom. The lowest BCUT2D eigenvalue weighted by molar-refractivity contribution is 0.0974. The van der Waals surface area contributed by atoms with Crippen molar-refractivity contribution in [3.63, 3.8) is 0 Å². The Bertz CT molecular complexity index is 458. The molecule has 2 heteroatoms. The normalized spacial score (nSPS) is 17.9. The smallest absolute Gasteiger partial charge is 0.215 e. The van der Waals surface area contributed by atoms with Crippen LogP contribution in [0.3, 0.4) is 0 Å². The summed E-state index contributed by atoms with van der Waals surface area (Å²) in [6.45, 7) is 8.60. The fraction of sp³-hybridized carbons (Fsp3) is 0.588. The van der Waals surface area contributed by atoms with E-state index in [-0.39, 0.29) is 5.25 Å². The molecule has 0 spiro atoms. The summed E-state index contributed by atoms with van der Waals surface area (Å²) < 4.78 is 0. The number of Topliss-reactive ketones (excluding diaryl/α,β-unsaturated/α-hetero) is 1. The van der Waals surface area contributed by atoms with Crippen LogP contribution in [0.4, 0.5) is 0 Å². The standard InChI is InChI=1S/C17H25OS/c1-12(2)17(19-9-5-6-10-19)16(18)15-8-7-13(3)14(4)11-15/h7-8,11-12,17H,5-6,9-10H2,1-4H3/q+1. The van der Waals surface area contributed by atoms with Crippen molar-refractivity contribution in [3.05, 3.63) is 34.9 Å². The van der Waals surface area contributed by atoms with Crippen LogP contribution in [0.15, 0.2) is 18.2 Å². The van der Waals surface area contributed by atoms with Gasteiger partial charge in [0.2, 0.25) is 5.78 Å². The van der Waals surface area contributed by atoms with Gasteiger partial charge in [-0.15, -0.1) is 0 Å². The van der Waals surface area contributed by atoms with Crippen LogP contribution in [-0.2, 0) is 10.9 Å². The topological polar surface area (TPSA) is 17.1 Å². The molecule has 19 heavy (non-hydrogen) atoms. The first kappa shape index (κ1) is 14.6. The molecule has 104 valence electrons. The Balaban J connectivity index is 2.25. The molecular weight excluding hydrogens is 252 g/mol. The van der Waals surface area contributed by atoms with Gasteiger partial charge >= 0.3 is 0 Å². The van der Waals surface area contributed by atoms with E-state index < -0.39 is 0 Å². The van der Waals surface area contributed by atoms with Crippen LogP contribution in [0.25, 0.3) is 0 Å². The number of benzene rings is 1. The molecule has 1 saturated heterocycles. The molecule has 0 bridgehead atoms. The number of carbonyl (C=O) groups excluding carboxylic acids is 1. The van der Waals surface area contributed by atoms with E-state index in [1.165, 1.54) is 35.5 Å². The number of hydrogen-bond acceptors (Lipinski definition) is 1. The summed E-state index contributed by atoms with van der Waals surface area (Å²) in [4.78, 5) is 12.8. The average molecular weight is 277 g/mol. The van der Waals surface area contributed by atoms with Gasteiger partial charge in [-0.3, -0.25) is 4.79 Å². The van der Waals surface area contributed by atoms with E-state index in [1.54, 1.807) is 0 Å². The van der Waals surface area contributed by atoms with Crippen molar-refractivity contribution in [1.29, 1.82) is 0 Å². The van der Waals surface area contributed by atoms with Crippen molar-refractivity contribution < 1.29 is 4.79 Å². The van der Waals surface area contributed by atoms with Crippen LogP contribution >= 0.6 is 0 Å². The van der Waals surface area contributed by atoms with Gasteiger partial charge in [0.1, 0.15) is 11.5 Å². The Kier molecular flexibility index (Phi) is 4.72. The van der Waals surface area contributed by atoms with Crippen LogP contribution in [0, 0.1) is 19.8 Å². The lowest BCUT2D eigenvalue weighted by Gasteiger charge is -2.19. The largest absolute Gasteiger partial charge is 0.288 e. The lowest BCUT2D eigenvalue weighted by atomic mass is 9.97. The SMILES string of the molecule is Cc1ccc(C(=O)C(C(C)C)[S+]2CCCC2)cc1C. The maximum Gasteiger partial charge on any atom is 0.215 e. The van der Waals surface area contributed by atoms with Crippen LogP contribution in [0.1, 0.15) is 48.2 Å². The van der Waals surface area contributed by atoms with Crippen LogP contribution in [0.5, 0.6) is 0 Å². The molecule has 0 saturated carbocycles. The minimum Gasteiger partial charge on any atom is -0.288 e. The first-order chi connectivity index (χ1) is 9.00. The first-order valence-corrected chi connectivity index (χ1v) is 8.91. The quantitative estimate of drug-likeness (QED) is 0.602. The summed E-state index contributed by atoms with van der Waals surface area (Å²) in [5.41, 5.74) is 3.41. The molecule has 1 atom stereocenters. The van der Waals surface area contributed by atoms with Crippen molar-refractivity contribution in [2.75, 3.05) is 11.5 Å². The highest BCUT2D eigenvalue weighted by atomic mass is 32.2. The molecule has 1 aliphatic heterocycles. The molecule has 1 aliphatic rings. The molecule has 0 radical (unpaired) electrons. The molecule has 2 rings (SSSR count). The summed E-state index contributed by atoms with van der Waals surface area (Å²) in [7, 11) is 0.313. The molecule has 1 fully saturated rings. The predicted molar refractivity (Wildman–Crippen MR) is 85.2 cm³/mol. The molecule has 0 amide bonds. The number of rotatable bonds is 4. The van der Waals surface area contributed by atoms with E-state index in [2.05, 4.69) is 39.8 Å². The van der Waals surface area contributed by atoms with Crippen LogP contribution < -0.4 is 0 Å². The molecule has 0 aromatic heterocycles. The van der Waals surface area contributed by atoms with Gasteiger partial charge in [-0.2, -0.15) is 0 Å². The van der Waals surface area contributed by atoms with Gasteiger partial charge in [-0.1, -0.05) is 26.0 Å². The van der Waals surface area contributed by atoms with Gasteiger partial charge in [0.25, 0.3) is 0 Å². The maximum atomic E-state index is 12.8. The van der Waals surface area contributed by atoms with Crippen molar-refractivity contribution in [2.45, 2.75) is 45.8 Å². The fourth-order valence-corrected chi connectivity index (χ4v) is 5.90. The van der Waals surface area contributed by atoms with Gasteiger partial charge in [0, 0.05) is 11.5 Å². The predicted octanol–water partition coefficient (Wildman–Crippen LogP) is 3.92. The van der Waals surface area contributed by atoms with E-state index in [1.807, 2.05) is 6.07 Å².